The number of ether oxygens (including phenoxy) is 2. The number of benzene rings is 1. The number of carbonyl (C=O) groups is 3. The Hall–Kier alpha value is -3.40. The van der Waals surface area contributed by atoms with E-state index in [0.717, 1.165) is 45.3 Å². The molecule has 1 aromatic heterocycles. The lowest BCUT2D eigenvalue weighted by Crippen LogP contribution is -2.56. The van der Waals surface area contributed by atoms with Crippen molar-refractivity contribution in [2.45, 2.75) is 51.5 Å². The molecule has 10 heteroatoms. The van der Waals surface area contributed by atoms with Crippen LogP contribution < -0.4 is 4.74 Å². The van der Waals surface area contributed by atoms with E-state index in [0.29, 0.717) is 42.1 Å². The molecule has 0 N–H and O–H groups in total. The van der Waals surface area contributed by atoms with E-state index in [4.69, 9.17) is 9.47 Å². The van der Waals surface area contributed by atoms with E-state index in [2.05, 4.69) is 10.1 Å². The third-order valence-electron chi connectivity index (χ3n) is 7.36. The number of carbonyl (C=O) groups excluding carboxylic acids is 3. The molecule has 36 heavy (non-hydrogen) atoms. The average Bonchev–Trinajstić information content (AvgIpc) is 3.30. The van der Waals surface area contributed by atoms with Crippen LogP contribution in [0.3, 0.4) is 0 Å². The molecule has 10 nitrogen and oxygen atoms in total. The van der Waals surface area contributed by atoms with Crippen molar-refractivity contribution in [1.29, 1.82) is 0 Å². The number of piperidine rings is 2. The molecule has 2 saturated heterocycles. The zero-order valence-electron chi connectivity index (χ0n) is 20.9. The van der Waals surface area contributed by atoms with Crippen LogP contribution in [-0.4, -0.2) is 88.4 Å². The first-order valence-corrected chi connectivity index (χ1v) is 12.8. The van der Waals surface area contributed by atoms with Crippen LogP contribution in [-0.2, 0) is 16.0 Å². The Morgan fingerprint density at radius 1 is 1.03 bits per heavy atom. The minimum Gasteiger partial charge on any atom is -0.497 e. The summed E-state index contributed by atoms with van der Waals surface area (Å²) in [5.74, 6) is 0.259. The van der Waals surface area contributed by atoms with Gasteiger partial charge in [-0.2, -0.15) is 5.10 Å². The lowest BCUT2D eigenvalue weighted by Gasteiger charge is -2.44. The number of methoxy groups -OCH3 is 1. The van der Waals surface area contributed by atoms with Crippen LogP contribution in [0.2, 0.25) is 0 Å². The van der Waals surface area contributed by atoms with Crippen molar-refractivity contribution in [2.75, 3.05) is 39.9 Å². The van der Waals surface area contributed by atoms with Crippen molar-refractivity contribution in [1.82, 2.24) is 24.7 Å². The number of hydrazine groups is 1. The maximum absolute atomic E-state index is 13.9. The van der Waals surface area contributed by atoms with Crippen LogP contribution in [0.15, 0.2) is 24.3 Å². The molecular weight excluding hydrogens is 462 g/mol. The van der Waals surface area contributed by atoms with Gasteiger partial charge in [-0.3, -0.25) is 14.6 Å². The van der Waals surface area contributed by atoms with Gasteiger partial charge in [-0.25, -0.2) is 14.5 Å². The largest absolute Gasteiger partial charge is 0.497 e. The van der Waals surface area contributed by atoms with Crippen molar-refractivity contribution in [2.24, 2.45) is 0 Å². The predicted octanol–water partition coefficient (Wildman–Crippen LogP) is 2.45. The summed E-state index contributed by atoms with van der Waals surface area (Å²) in [6, 6.07) is 7.32. The molecule has 3 aliphatic heterocycles. The highest BCUT2D eigenvalue weighted by molar-refractivity contribution is 6.00. The monoisotopic (exact) mass is 495 g/mol. The highest BCUT2D eigenvalue weighted by Gasteiger charge is 2.39. The SMILES string of the molecule is CCOC(=O)c1nn(-c2ccc(OC)cc2)c2c1CCN(C1CCN(N3CCCCC3=O)CC1)C2=O. The third-order valence-corrected chi connectivity index (χ3v) is 7.36. The van der Waals surface area contributed by atoms with Gasteiger partial charge in [0.25, 0.3) is 5.91 Å². The minimum absolute atomic E-state index is 0.0760. The molecule has 3 aliphatic rings. The highest BCUT2D eigenvalue weighted by atomic mass is 16.5. The fourth-order valence-electron chi connectivity index (χ4n) is 5.49. The molecule has 4 heterocycles. The number of esters is 1. The van der Waals surface area contributed by atoms with Gasteiger partial charge in [0.05, 0.1) is 19.4 Å². The normalized spacial score (nSPS) is 19.4. The molecule has 0 unspecified atom stereocenters. The lowest BCUT2D eigenvalue weighted by molar-refractivity contribution is -0.155. The summed E-state index contributed by atoms with van der Waals surface area (Å²) in [4.78, 5) is 40.8. The molecule has 2 aromatic rings. The second-order valence-corrected chi connectivity index (χ2v) is 9.41. The van der Waals surface area contributed by atoms with E-state index < -0.39 is 5.97 Å². The fourth-order valence-corrected chi connectivity index (χ4v) is 5.49. The first-order chi connectivity index (χ1) is 17.5. The van der Waals surface area contributed by atoms with E-state index in [9.17, 15) is 14.4 Å². The highest BCUT2D eigenvalue weighted by Crippen LogP contribution is 2.30. The van der Waals surface area contributed by atoms with Gasteiger partial charge >= 0.3 is 5.97 Å². The predicted molar refractivity (Wildman–Crippen MR) is 131 cm³/mol. The number of rotatable bonds is 6. The van der Waals surface area contributed by atoms with Crippen molar-refractivity contribution in [3.8, 4) is 11.4 Å². The number of hydrogen-bond donors (Lipinski definition) is 0. The quantitative estimate of drug-likeness (QED) is 0.568. The number of hydrogen-bond acceptors (Lipinski definition) is 7. The maximum atomic E-state index is 13.9. The second-order valence-electron chi connectivity index (χ2n) is 9.41. The summed E-state index contributed by atoms with van der Waals surface area (Å²) >= 11 is 0. The lowest BCUT2D eigenvalue weighted by atomic mass is 9.97. The Bertz CT molecular complexity index is 1140. The van der Waals surface area contributed by atoms with Crippen LogP contribution in [0.25, 0.3) is 5.69 Å². The zero-order valence-corrected chi connectivity index (χ0v) is 20.9. The topological polar surface area (TPSA) is 97.2 Å². The Morgan fingerprint density at radius 3 is 2.44 bits per heavy atom. The minimum atomic E-state index is -0.512. The van der Waals surface area contributed by atoms with E-state index in [-0.39, 0.29) is 30.2 Å². The Balaban J connectivity index is 1.39. The van der Waals surface area contributed by atoms with Crippen molar-refractivity contribution in [3.63, 3.8) is 0 Å². The molecule has 0 spiro atoms. The van der Waals surface area contributed by atoms with E-state index in [1.807, 2.05) is 22.0 Å². The van der Waals surface area contributed by atoms with Gasteiger partial charge in [-0.15, -0.1) is 0 Å². The fraction of sp³-hybridized carbons (Fsp3) is 0.538. The van der Waals surface area contributed by atoms with E-state index in [1.54, 1.807) is 30.8 Å². The molecule has 1 aromatic carbocycles. The second kappa shape index (κ2) is 10.3. The molecule has 0 bridgehead atoms. The van der Waals surface area contributed by atoms with Crippen LogP contribution in [0.1, 0.15) is 65.6 Å². The van der Waals surface area contributed by atoms with Crippen LogP contribution >= 0.6 is 0 Å². The average molecular weight is 496 g/mol. The van der Waals surface area contributed by atoms with Gasteiger partial charge in [0.15, 0.2) is 5.69 Å². The van der Waals surface area contributed by atoms with Gasteiger partial charge in [-0.05, 0) is 63.3 Å². The molecular formula is C26H33N5O5. The Morgan fingerprint density at radius 2 is 1.78 bits per heavy atom. The molecule has 2 fully saturated rings. The summed E-state index contributed by atoms with van der Waals surface area (Å²) < 4.78 is 12.1. The number of fused-ring (bicyclic) bond motifs is 1. The maximum Gasteiger partial charge on any atom is 0.359 e. The van der Waals surface area contributed by atoms with E-state index in [1.165, 1.54) is 0 Å². The zero-order chi connectivity index (χ0) is 25.2. The molecule has 0 atom stereocenters. The van der Waals surface area contributed by atoms with Gasteiger partial charge in [0.1, 0.15) is 11.4 Å². The summed E-state index contributed by atoms with van der Waals surface area (Å²) in [5, 5.41) is 8.60. The molecule has 0 saturated carbocycles. The smallest absolute Gasteiger partial charge is 0.359 e. The Kier molecular flexibility index (Phi) is 6.95. The van der Waals surface area contributed by atoms with Crippen molar-refractivity contribution >= 4 is 17.8 Å². The number of nitrogens with zero attached hydrogens (tertiary/aromatic N) is 5. The molecule has 5 rings (SSSR count). The first kappa shape index (κ1) is 24.3. The number of amides is 2. The van der Waals surface area contributed by atoms with Crippen LogP contribution in [0.4, 0.5) is 0 Å². The molecule has 0 aliphatic carbocycles. The number of aromatic nitrogens is 2. The van der Waals surface area contributed by atoms with Crippen LogP contribution in [0, 0.1) is 0 Å². The summed E-state index contributed by atoms with van der Waals surface area (Å²) in [7, 11) is 1.59. The van der Waals surface area contributed by atoms with Gasteiger partial charge in [0.2, 0.25) is 5.91 Å². The van der Waals surface area contributed by atoms with Gasteiger partial charge in [-0.1, -0.05) is 0 Å². The first-order valence-electron chi connectivity index (χ1n) is 12.8. The van der Waals surface area contributed by atoms with Gasteiger partial charge in [0, 0.05) is 44.2 Å². The Labute approximate surface area is 210 Å². The summed E-state index contributed by atoms with van der Waals surface area (Å²) in [6.07, 6.45) is 4.75. The van der Waals surface area contributed by atoms with Crippen LogP contribution in [0.5, 0.6) is 5.75 Å². The standard InChI is InChI=1S/C26H33N5O5/c1-3-36-26(34)23-21-13-17-29(18-11-15-28(16-12-18)30-14-5-4-6-22(30)32)25(33)24(21)31(27-23)19-7-9-20(35-2)10-8-19/h7-10,18H,3-6,11-17H2,1-2H3. The van der Waals surface area contributed by atoms with E-state index >= 15 is 0 Å². The summed E-state index contributed by atoms with van der Waals surface area (Å²) in [5.41, 5.74) is 1.94. The van der Waals surface area contributed by atoms with Crippen molar-refractivity contribution in [3.05, 3.63) is 41.2 Å². The molecule has 0 radical (unpaired) electrons. The third kappa shape index (κ3) is 4.45. The van der Waals surface area contributed by atoms with Crippen molar-refractivity contribution < 1.29 is 23.9 Å². The molecule has 2 amide bonds. The molecule has 192 valence electrons. The summed E-state index contributed by atoms with van der Waals surface area (Å²) in [6.45, 7) is 4.80. The van der Waals surface area contributed by atoms with Gasteiger partial charge < -0.3 is 14.4 Å².